The van der Waals surface area contributed by atoms with E-state index in [1.807, 2.05) is 7.05 Å². The average Bonchev–Trinajstić information content (AvgIpc) is 3.32. The first kappa shape index (κ1) is 23.7. The number of benzene rings is 1. The zero-order chi connectivity index (χ0) is 19.1. The second-order valence-electron chi connectivity index (χ2n) is 7.66. The summed E-state index contributed by atoms with van der Waals surface area (Å²) in [7, 11) is 1.81. The van der Waals surface area contributed by atoms with Crippen LogP contribution in [0, 0.1) is 11.3 Å². The Morgan fingerprint density at radius 2 is 2.29 bits per heavy atom. The van der Waals surface area contributed by atoms with Gasteiger partial charge < -0.3 is 25.4 Å². The molecule has 1 aromatic carbocycles. The molecule has 3 rings (SSSR count). The number of rotatable bonds is 7. The lowest BCUT2D eigenvalue weighted by atomic mass is 9.84. The molecule has 0 radical (unpaired) electrons. The first-order valence-corrected chi connectivity index (χ1v) is 10.6. The highest BCUT2D eigenvalue weighted by Gasteiger charge is 2.34. The van der Waals surface area contributed by atoms with Crippen LogP contribution in [0.3, 0.4) is 0 Å². The number of ether oxygens (including phenoxy) is 1. The summed E-state index contributed by atoms with van der Waals surface area (Å²) in [6, 6.07) is 8.50. The maximum absolute atomic E-state index is 9.36. The van der Waals surface area contributed by atoms with Crippen LogP contribution in [0.15, 0.2) is 33.7 Å². The third-order valence-corrected chi connectivity index (χ3v) is 6.19. The van der Waals surface area contributed by atoms with E-state index in [1.54, 1.807) is 0 Å². The van der Waals surface area contributed by atoms with Gasteiger partial charge in [0.05, 0.1) is 6.61 Å². The van der Waals surface area contributed by atoms with Crippen molar-refractivity contribution in [2.45, 2.75) is 19.3 Å². The minimum atomic E-state index is 0. The quantitative estimate of drug-likeness (QED) is 0.269. The van der Waals surface area contributed by atoms with Crippen LogP contribution in [0.2, 0.25) is 0 Å². The highest BCUT2D eigenvalue weighted by atomic mass is 127. The van der Waals surface area contributed by atoms with Crippen LogP contribution in [-0.4, -0.2) is 64.1 Å². The predicted molar refractivity (Wildman–Crippen MR) is 129 cm³/mol. The fourth-order valence-electron chi connectivity index (χ4n) is 3.95. The maximum atomic E-state index is 9.36. The molecule has 2 saturated heterocycles. The van der Waals surface area contributed by atoms with E-state index in [0.29, 0.717) is 12.5 Å². The maximum Gasteiger partial charge on any atom is 0.191 e. The third kappa shape index (κ3) is 6.47. The van der Waals surface area contributed by atoms with Crippen molar-refractivity contribution in [1.82, 2.24) is 10.6 Å². The van der Waals surface area contributed by atoms with Gasteiger partial charge in [0.1, 0.15) is 0 Å². The van der Waals surface area contributed by atoms with Gasteiger partial charge in [-0.3, -0.25) is 4.99 Å². The van der Waals surface area contributed by atoms with Crippen LogP contribution in [-0.2, 0) is 4.74 Å². The van der Waals surface area contributed by atoms with Crippen LogP contribution in [0.4, 0.5) is 5.69 Å². The lowest BCUT2D eigenvalue weighted by Crippen LogP contribution is -2.45. The molecule has 0 aromatic heterocycles. The molecule has 2 atom stereocenters. The Morgan fingerprint density at radius 1 is 1.43 bits per heavy atom. The molecular formula is C20H32BrIN4O2. The number of aliphatic hydroxyl groups excluding tert-OH is 1. The molecule has 2 fully saturated rings. The van der Waals surface area contributed by atoms with E-state index in [9.17, 15) is 5.11 Å². The average molecular weight is 567 g/mol. The molecule has 2 unspecified atom stereocenters. The van der Waals surface area contributed by atoms with E-state index in [4.69, 9.17) is 4.74 Å². The van der Waals surface area contributed by atoms with Crippen LogP contribution in [0.25, 0.3) is 0 Å². The Labute approximate surface area is 193 Å². The van der Waals surface area contributed by atoms with Crippen LogP contribution >= 0.6 is 39.9 Å². The SMILES string of the molecule is CN=C(NCC1CCN(c2cccc(Br)c2)C1)NCC1(CCO)CCOC1.I. The highest BCUT2D eigenvalue weighted by Crippen LogP contribution is 2.31. The number of nitrogens with one attached hydrogen (secondary N) is 2. The number of halogens is 2. The number of aliphatic imine (C=N–C) groups is 1. The number of aliphatic hydroxyl groups is 1. The topological polar surface area (TPSA) is 69.1 Å². The second kappa shape index (κ2) is 11.6. The zero-order valence-electron chi connectivity index (χ0n) is 16.5. The molecule has 8 heteroatoms. The third-order valence-electron chi connectivity index (χ3n) is 5.70. The summed E-state index contributed by atoms with van der Waals surface area (Å²) in [6.45, 7) is 5.53. The van der Waals surface area contributed by atoms with Crippen molar-refractivity contribution in [1.29, 1.82) is 0 Å². The Hall–Kier alpha value is -0.580. The molecule has 0 spiro atoms. The fourth-order valence-corrected chi connectivity index (χ4v) is 4.34. The first-order chi connectivity index (χ1) is 13.1. The van der Waals surface area contributed by atoms with Gasteiger partial charge in [0, 0.05) is 62.0 Å². The number of nitrogens with zero attached hydrogens (tertiary/aromatic N) is 2. The van der Waals surface area contributed by atoms with Gasteiger partial charge in [0.25, 0.3) is 0 Å². The Kier molecular flexibility index (Phi) is 9.79. The molecule has 0 bridgehead atoms. The van der Waals surface area contributed by atoms with Crippen molar-refractivity contribution in [2.24, 2.45) is 16.3 Å². The van der Waals surface area contributed by atoms with E-state index in [0.717, 1.165) is 56.1 Å². The monoisotopic (exact) mass is 566 g/mol. The summed E-state index contributed by atoms with van der Waals surface area (Å²) in [5.74, 6) is 1.43. The Bertz CT molecular complexity index is 640. The zero-order valence-corrected chi connectivity index (χ0v) is 20.4. The molecular weight excluding hydrogens is 535 g/mol. The van der Waals surface area contributed by atoms with Gasteiger partial charge in [-0.2, -0.15) is 0 Å². The molecule has 2 aliphatic rings. The van der Waals surface area contributed by atoms with Crippen molar-refractivity contribution < 1.29 is 9.84 Å². The summed E-state index contributed by atoms with van der Waals surface area (Å²) >= 11 is 3.56. The van der Waals surface area contributed by atoms with Gasteiger partial charge in [0.2, 0.25) is 0 Å². The molecule has 28 heavy (non-hydrogen) atoms. The largest absolute Gasteiger partial charge is 0.396 e. The second-order valence-corrected chi connectivity index (χ2v) is 8.58. The summed E-state index contributed by atoms with van der Waals surface area (Å²) in [5, 5.41) is 16.3. The molecule has 3 N–H and O–H groups in total. The standard InChI is InChI=1S/C20H31BrN4O2.HI/c1-22-19(24-14-20(6-9-26)7-10-27-15-20)23-12-16-5-8-25(13-16)18-4-2-3-17(21)11-18;/h2-4,11,16,26H,5-10,12-15H2,1H3,(H2,22,23,24);1H. The molecule has 2 aliphatic heterocycles. The van der Waals surface area contributed by atoms with Gasteiger partial charge in [-0.1, -0.05) is 22.0 Å². The number of guanidine groups is 1. The first-order valence-electron chi connectivity index (χ1n) is 9.78. The number of hydrogen-bond donors (Lipinski definition) is 3. The molecule has 6 nitrogen and oxygen atoms in total. The van der Waals surface area contributed by atoms with Gasteiger partial charge in [-0.25, -0.2) is 0 Å². The molecule has 0 amide bonds. The summed E-state index contributed by atoms with van der Waals surface area (Å²) in [4.78, 5) is 6.81. The molecule has 1 aromatic rings. The predicted octanol–water partition coefficient (Wildman–Crippen LogP) is 2.85. The van der Waals surface area contributed by atoms with E-state index in [-0.39, 0.29) is 36.0 Å². The van der Waals surface area contributed by atoms with E-state index in [1.165, 1.54) is 12.1 Å². The van der Waals surface area contributed by atoms with Crippen LogP contribution in [0.1, 0.15) is 19.3 Å². The van der Waals surface area contributed by atoms with Crippen molar-refractivity contribution in [2.75, 3.05) is 57.9 Å². The Morgan fingerprint density at radius 3 is 2.96 bits per heavy atom. The summed E-state index contributed by atoms with van der Waals surface area (Å²) in [5.41, 5.74) is 1.30. The fraction of sp³-hybridized carbons (Fsp3) is 0.650. The van der Waals surface area contributed by atoms with E-state index >= 15 is 0 Å². The summed E-state index contributed by atoms with van der Waals surface area (Å²) in [6.07, 6.45) is 2.93. The highest BCUT2D eigenvalue weighted by molar-refractivity contribution is 14.0. The lowest BCUT2D eigenvalue weighted by Gasteiger charge is -2.28. The molecule has 2 heterocycles. The normalized spacial score (nSPS) is 24.9. The van der Waals surface area contributed by atoms with Gasteiger partial charge in [-0.15, -0.1) is 24.0 Å². The van der Waals surface area contributed by atoms with Crippen LogP contribution in [0.5, 0.6) is 0 Å². The molecule has 0 saturated carbocycles. The molecule has 0 aliphatic carbocycles. The number of anilines is 1. The Balaban J connectivity index is 0.00000280. The van der Waals surface area contributed by atoms with E-state index < -0.39 is 0 Å². The van der Waals surface area contributed by atoms with Crippen molar-refractivity contribution in [3.8, 4) is 0 Å². The van der Waals surface area contributed by atoms with Crippen LogP contribution < -0.4 is 15.5 Å². The smallest absolute Gasteiger partial charge is 0.191 e. The van der Waals surface area contributed by atoms with Gasteiger partial charge in [-0.05, 0) is 43.4 Å². The number of hydrogen-bond acceptors (Lipinski definition) is 4. The lowest BCUT2D eigenvalue weighted by molar-refractivity contribution is 0.127. The minimum Gasteiger partial charge on any atom is -0.396 e. The summed E-state index contributed by atoms with van der Waals surface area (Å²) < 4.78 is 6.69. The minimum absolute atomic E-state index is 0. The van der Waals surface area contributed by atoms with Crippen molar-refractivity contribution in [3.05, 3.63) is 28.7 Å². The van der Waals surface area contributed by atoms with Gasteiger partial charge >= 0.3 is 0 Å². The molecule has 158 valence electrons. The van der Waals surface area contributed by atoms with Crippen molar-refractivity contribution >= 4 is 51.6 Å². The van der Waals surface area contributed by atoms with E-state index in [2.05, 4.69) is 60.7 Å². The van der Waals surface area contributed by atoms with Crippen molar-refractivity contribution in [3.63, 3.8) is 0 Å². The van der Waals surface area contributed by atoms with Gasteiger partial charge in [0.15, 0.2) is 5.96 Å².